The second-order valence-corrected chi connectivity index (χ2v) is 7.42. The van der Waals surface area contributed by atoms with Gasteiger partial charge in [0.1, 0.15) is 0 Å². The number of fused-ring (bicyclic) bond motifs is 3. The average Bonchev–Trinajstić information content (AvgIpc) is 3.00. The molecule has 2 atom stereocenters. The molecular formula is C20H21ClN2OS. The van der Waals surface area contributed by atoms with Gasteiger partial charge in [-0.05, 0) is 35.9 Å². The number of benzene rings is 2. The fraction of sp³-hybridized carbons (Fsp3) is 0.250. The molecule has 130 valence electrons. The number of hydrogen-bond donors (Lipinski definition) is 2. The maximum Gasteiger partial charge on any atom is 0.237 e. The molecule has 1 aliphatic rings. The Balaban J connectivity index is 0.00000182. The van der Waals surface area contributed by atoms with Crippen molar-refractivity contribution in [2.45, 2.75) is 32.0 Å². The molecule has 3 aromatic rings. The summed E-state index contributed by atoms with van der Waals surface area (Å²) in [5.74, 6) is 0.0762. The summed E-state index contributed by atoms with van der Waals surface area (Å²) in [6, 6.07) is 18.4. The fourth-order valence-corrected chi connectivity index (χ4v) is 4.52. The van der Waals surface area contributed by atoms with Crippen molar-refractivity contribution in [1.29, 1.82) is 0 Å². The minimum absolute atomic E-state index is 0. The molecular weight excluding hydrogens is 352 g/mol. The van der Waals surface area contributed by atoms with Gasteiger partial charge in [0.15, 0.2) is 0 Å². The summed E-state index contributed by atoms with van der Waals surface area (Å²) in [7, 11) is 0. The molecule has 0 bridgehead atoms. The highest BCUT2D eigenvalue weighted by Gasteiger charge is 2.27. The number of carbonyl (C=O) groups is 1. The van der Waals surface area contributed by atoms with Gasteiger partial charge in [-0.25, -0.2) is 0 Å². The number of thiophene rings is 1. The Morgan fingerprint density at radius 3 is 2.68 bits per heavy atom. The van der Waals surface area contributed by atoms with Crippen LogP contribution in [0.3, 0.4) is 0 Å². The largest absolute Gasteiger partial charge is 0.348 e. The van der Waals surface area contributed by atoms with Gasteiger partial charge >= 0.3 is 0 Å². The smallest absolute Gasteiger partial charge is 0.237 e. The Labute approximate surface area is 157 Å². The van der Waals surface area contributed by atoms with E-state index in [-0.39, 0.29) is 30.4 Å². The molecule has 5 heteroatoms. The van der Waals surface area contributed by atoms with E-state index in [0.29, 0.717) is 0 Å². The Bertz CT molecular complexity index is 878. The van der Waals surface area contributed by atoms with Crippen LogP contribution in [0.2, 0.25) is 0 Å². The summed E-state index contributed by atoms with van der Waals surface area (Å²) in [5, 5.41) is 7.83. The molecule has 0 unspecified atom stereocenters. The van der Waals surface area contributed by atoms with Gasteiger partial charge in [0, 0.05) is 16.1 Å². The fourth-order valence-electron chi connectivity index (χ4n) is 3.33. The van der Waals surface area contributed by atoms with Crippen LogP contribution < -0.4 is 10.6 Å². The lowest BCUT2D eigenvalue weighted by Crippen LogP contribution is -2.47. The number of rotatable bonds is 3. The summed E-state index contributed by atoms with van der Waals surface area (Å²) in [6.45, 7) is 2.80. The van der Waals surface area contributed by atoms with Crippen molar-refractivity contribution < 1.29 is 4.79 Å². The third-order valence-corrected chi connectivity index (χ3v) is 5.89. The Morgan fingerprint density at radius 2 is 1.88 bits per heavy atom. The normalized spacial score (nSPS) is 17.4. The highest BCUT2D eigenvalue weighted by molar-refractivity contribution is 7.19. The number of halogens is 1. The summed E-state index contributed by atoms with van der Waals surface area (Å²) >= 11 is 1.83. The molecule has 0 fully saturated rings. The predicted molar refractivity (Wildman–Crippen MR) is 106 cm³/mol. The van der Waals surface area contributed by atoms with Crippen LogP contribution in [0.1, 0.15) is 29.0 Å². The maximum absolute atomic E-state index is 12.7. The van der Waals surface area contributed by atoms with Crippen LogP contribution in [0, 0.1) is 0 Å². The van der Waals surface area contributed by atoms with Crippen molar-refractivity contribution in [3.63, 3.8) is 0 Å². The van der Waals surface area contributed by atoms with Crippen LogP contribution in [-0.4, -0.2) is 11.9 Å². The number of carbonyl (C=O) groups excluding carboxylic acids is 1. The zero-order valence-corrected chi connectivity index (χ0v) is 15.6. The Kier molecular flexibility index (Phi) is 5.42. The van der Waals surface area contributed by atoms with Gasteiger partial charge in [-0.2, -0.15) is 0 Å². The molecule has 0 radical (unpaired) electrons. The molecule has 3 nitrogen and oxygen atoms in total. The van der Waals surface area contributed by atoms with Crippen molar-refractivity contribution in [2.75, 3.05) is 0 Å². The first kappa shape index (κ1) is 17.9. The zero-order valence-electron chi connectivity index (χ0n) is 14.0. The minimum atomic E-state index is -0.165. The molecule has 25 heavy (non-hydrogen) atoms. The summed E-state index contributed by atoms with van der Waals surface area (Å²) in [5.41, 5.74) is 2.46. The summed E-state index contributed by atoms with van der Waals surface area (Å²) < 4.78 is 1.31. The summed E-state index contributed by atoms with van der Waals surface area (Å²) in [4.78, 5) is 14.0. The highest BCUT2D eigenvalue weighted by atomic mass is 35.5. The van der Waals surface area contributed by atoms with Crippen LogP contribution in [-0.2, 0) is 17.8 Å². The van der Waals surface area contributed by atoms with E-state index >= 15 is 0 Å². The van der Waals surface area contributed by atoms with E-state index in [2.05, 4.69) is 34.9 Å². The lowest BCUT2D eigenvalue weighted by molar-refractivity contribution is -0.124. The molecule has 2 N–H and O–H groups in total. The molecule has 0 aliphatic carbocycles. The lowest BCUT2D eigenvalue weighted by atomic mass is 9.98. The molecule has 1 aromatic heterocycles. The quantitative estimate of drug-likeness (QED) is 0.722. The van der Waals surface area contributed by atoms with Gasteiger partial charge in [0.2, 0.25) is 5.91 Å². The van der Waals surface area contributed by atoms with Gasteiger partial charge in [-0.15, -0.1) is 23.7 Å². The van der Waals surface area contributed by atoms with Crippen LogP contribution >= 0.6 is 23.7 Å². The Morgan fingerprint density at radius 1 is 1.16 bits per heavy atom. The third kappa shape index (κ3) is 3.56. The van der Waals surface area contributed by atoms with Gasteiger partial charge < -0.3 is 10.6 Å². The van der Waals surface area contributed by atoms with Crippen molar-refractivity contribution in [2.24, 2.45) is 0 Å². The highest BCUT2D eigenvalue weighted by Crippen LogP contribution is 2.34. The van der Waals surface area contributed by atoms with Gasteiger partial charge in [0.05, 0.1) is 12.1 Å². The zero-order chi connectivity index (χ0) is 16.5. The van der Waals surface area contributed by atoms with Crippen LogP contribution in [0.15, 0.2) is 54.6 Å². The van der Waals surface area contributed by atoms with Crippen LogP contribution in [0.25, 0.3) is 10.1 Å². The Hall–Kier alpha value is -1.88. The molecule has 4 rings (SSSR count). The maximum atomic E-state index is 12.7. The van der Waals surface area contributed by atoms with Crippen molar-refractivity contribution in [3.05, 3.63) is 70.6 Å². The van der Waals surface area contributed by atoms with Crippen molar-refractivity contribution >= 4 is 39.7 Å². The average molecular weight is 373 g/mol. The predicted octanol–water partition coefficient (Wildman–Crippen LogP) is 4.21. The van der Waals surface area contributed by atoms with Crippen molar-refractivity contribution in [3.8, 4) is 0 Å². The SMILES string of the molecule is C[C@@H](NC(=O)[C@H]1Cc2c(sc3ccccc23)CN1)c1ccccc1.Cl. The topological polar surface area (TPSA) is 41.1 Å². The number of hydrogen-bond acceptors (Lipinski definition) is 3. The molecule has 1 aliphatic heterocycles. The second-order valence-electron chi connectivity index (χ2n) is 6.28. The molecule has 0 spiro atoms. The van der Waals surface area contributed by atoms with E-state index in [9.17, 15) is 4.79 Å². The number of amides is 1. The van der Waals surface area contributed by atoms with Crippen LogP contribution in [0.4, 0.5) is 0 Å². The van der Waals surface area contributed by atoms with E-state index in [1.807, 2.05) is 48.6 Å². The van der Waals surface area contributed by atoms with Gasteiger partial charge in [-0.1, -0.05) is 48.5 Å². The molecule has 2 heterocycles. The molecule has 0 saturated heterocycles. The second kappa shape index (κ2) is 7.56. The van der Waals surface area contributed by atoms with Gasteiger partial charge in [0.25, 0.3) is 0 Å². The van der Waals surface area contributed by atoms with E-state index in [4.69, 9.17) is 0 Å². The molecule has 2 aromatic carbocycles. The van der Waals surface area contributed by atoms with E-state index in [1.54, 1.807) is 0 Å². The first-order chi connectivity index (χ1) is 11.7. The van der Waals surface area contributed by atoms with E-state index < -0.39 is 0 Å². The van der Waals surface area contributed by atoms with E-state index in [1.165, 1.54) is 20.5 Å². The van der Waals surface area contributed by atoms with Crippen molar-refractivity contribution in [1.82, 2.24) is 10.6 Å². The third-order valence-electron chi connectivity index (χ3n) is 4.67. The standard InChI is InChI=1S/C20H20N2OS.ClH/c1-13(14-7-3-2-4-8-14)22-20(23)17-11-16-15-9-5-6-10-18(15)24-19(16)12-21-17;/h2-10,13,17,21H,11-12H2,1H3,(H,22,23);1H/t13-,17-;/m1./s1. The van der Waals surface area contributed by atoms with Crippen LogP contribution in [0.5, 0.6) is 0 Å². The molecule has 1 amide bonds. The lowest BCUT2D eigenvalue weighted by Gasteiger charge is -2.25. The summed E-state index contributed by atoms with van der Waals surface area (Å²) in [6.07, 6.45) is 0.757. The first-order valence-corrected chi connectivity index (χ1v) is 9.12. The first-order valence-electron chi connectivity index (χ1n) is 8.30. The number of nitrogens with one attached hydrogen (secondary N) is 2. The molecule has 0 saturated carbocycles. The van der Waals surface area contributed by atoms with Gasteiger partial charge in [-0.3, -0.25) is 4.79 Å². The monoisotopic (exact) mass is 372 g/mol. The minimum Gasteiger partial charge on any atom is -0.348 e. The van der Waals surface area contributed by atoms with E-state index in [0.717, 1.165) is 18.5 Å².